The average Bonchev–Trinajstić information content (AvgIpc) is 2.96. The van der Waals surface area contributed by atoms with Crippen LogP contribution in [0.25, 0.3) is 0 Å². The molecule has 0 aromatic heterocycles. The molecule has 1 unspecified atom stereocenters. The van der Waals surface area contributed by atoms with Crippen molar-refractivity contribution in [3.05, 3.63) is 0 Å². The van der Waals surface area contributed by atoms with E-state index in [9.17, 15) is 18.6 Å². The number of carbonyl (C=O) groups excluding carboxylic acids is 3. The van der Waals surface area contributed by atoms with Crippen LogP contribution in [-0.2, 0) is 25.2 Å². The lowest BCUT2D eigenvalue weighted by Crippen LogP contribution is -2.03. The van der Waals surface area contributed by atoms with Crippen LogP contribution in [0.3, 0.4) is 0 Å². The van der Waals surface area contributed by atoms with Gasteiger partial charge in [-0.15, -0.1) is 106 Å². The number of hydrogen-bond acceptors (Lipinski definition) is 19. The first-order chi connectivity index (χ1) is 20.0. The summed E-state index contributed by atoms with van der Waals surface area (Å²) in [7, 11) is -0.858. The summed E-state index contributed by atoms with van der Waals surface area (Å²) in [6.07, 6.45) is 0. The first kappa shape index (κ1) is 44.6. The van der Waals surface area contributed by atoms with Gasteiger partial charge in [0.05, 0.1) is 34.2 Å². The fourth-order valence-electron chi connectivity index (χ4n) is 1.91. The van der Waals surface area contributed by atoms with E-state index in [1.807, 2.05) is 0 Å². The van der Waals surface area contributed by atoms with Crippen LogP contribution in [0.4, 0.5) is 0 Å². The van der Waals surface area contributed by atoms with Crippen molar-refractivity contribution < 1.29 is 28.8 Å². The smallest absolute Gasteiger partial charge is 0.199 e. The molecule has 0 rings (SSSR count). The highest BCUT2D eigenvalue weighted by Crippen LogP contribution is 2.23. The van der Waals surface area contributed by atoms with Crippen LogP contribution in [0.15, 0.2) is 0 Å². The minimum atomic E-state index is -0.858. The first-order valence-electron chi connectivity index (χ1n) is 11.8. The Morgan fingerprint density at radius 1 is 0.463 bits per heavy atom. The summed E-state index contributed by atoms with van der Waals surface area (Å²) in [4.78, 5) is 35.6. The highest BCUT2D eigenvalue weighted by atomic mass is 32.3. The molecule has 0 spiro atoms. The van der Waals surface area contributed by atoms with Gasteiger partial charge in [0, 0.05) is 75.8 Å². The molecule has 0 bridgehead atoms. The molecule has 0 aliphatic rings. The number of thioether (sulfide) groups is 13. The third-order valence-electron chi connectivity index (χ3n) is 3.67. The largest absolute Gasteiger partial charge is 0.386 e. The highest BCUT2D eigenvalue weighted by Gasteiger charge is 2.07. The number of aliphatic hydroxyl groups is 2. The van der Waals surface area contributed by atoms with Gasteiger partial charge in [-0.1, -0.05) is 35.3 Å². The second-order valence-electron chi connectivity index (χ2n) is 6.77. The van der Waals surface area contributed by atoms with Gasteiger partial charge in [0.25, 0.3) is 0 Å². The maximum absolute atomic E-state index is 12.1. The Morgan fingerprint density at radius 2 is 0.854 bits per heavy atom. The average molecular weight is 835 g/mol. The van der Waals surface area contributed by atoms with E-state index in [-0.39, 0.29) is 27.2 Å². The Labute approximate surface area is 303 Å². The molecule has 0 aromatic carbocycles. The number of carbonyl (C=O) groups is 3. The molecule has 0 saturated carbocycles. The summed E-state index contributed by atoms with van der Waals surface area (Å²) < 4.78 is 12.1. The fraction of sp³-hybridized carbons (Fsp3) is 0.857. The third kappa shape index (κ3) is 36.3. The molecule has 6 nitrogen and oxygen atoms in total. The lowest BCUT2D eigenvalue weighted by atomic mass is 10.9. The number of rotatable bonds is 31. The summed E-state index contributed by atoms with van der Waals surface area (Å²) in [5.41, 5.74) is 0. The maximum Gasteiger partial charge on any atom is 0.199 e. The van der Waals surface area contributed by atoms with Crippen LogP contribution >= 0.6 is 153 Å². The molecule has 1 atom stereocenters. The van der Waals surface area contributed by atoms with Gasteiger partial charge in [0.2, 0.25) is 0 Å². The van der Waals surface area contributed by atoms with Crippen LogP contribution in [0, 0.1) is 0 Å². The maximum atomic E-state index is 12.1. The van der Waals surface area contributed by atoms with Crippen LogP contribution in [0.2, 0.25) is 0 Å². The summed E-state index contributed by atoms with van der Waals surface area (Å²) >= 11 is 20.2. The van der Waals surface area contributed by atoms with E-state index in [0.29, 0.717) is 33.2 Å². The van der Waals surface area contributed by atoms with Crippen molar-refractivity contribution >= 4 is 179 Å². The number of hydrogen-bond donors (Lipinski definition) is 2. The first-order valence-corrected chi connectivity index (χ1v) is 27.8. The molecule has 0 heterocycles. The highest BCUT2D eigenvalue weighted by molar-refractivity contribution is 8.29. The SMILES string of the molecule is O=C(CSCSCCS(=O)CSCSCSC(=O)CSCSCC(=O)SCSCCSCO)SCSCCSCO. The van der Waals surface area contributed by atoms with Crippen LogP contribution < -0.4 is 0 Å². The van der Waals surface area contributed by atoms with Gasteiger partial charge < -0.3 is 10.2 Å². The zero-order chi connectivity index (χ0) is 30.2. The topological polar surface area (TPSA) is 109 Å². The lowest BCUT2D eigenvalue weighted by molar-refractivity contribution is -0.109. The van der Waals surface area contributed by atoms with Crippen LogP contribution in [-0.4, -0.2) is 129 Å². The molecule has 0 aromatic rings. The van der Waals surface area contributed by atoms with Gasteiger partial charge in [-0.05, 0) is 0 Å². The minimum absolute atomic E-state index is 0.143. The Hall–Kier alpha value is 3.63. The van der Waals surface area contributed by atoms with Crippen molar-refractivity contribution in [2.24, 2.45) is 0 Å². The van der Waals surface area contributed by atoms with Gasteiger partial charge in [0.15, 0.2) is 15.3 Å². The van der Waals surface area contributed by atoms with Crippen molar-refractivity contribution in [3.63, 3.8) is 0 Å². The van der Waals surface area contributed by atoms with Crippen LogP contribution in [0.1, 0.15) is 0 Å². The summed E-state index contributed by atoms with van der Waals surface area (Å²) in [5, 5.41) is 23.1. The zero-order valence-corrected chi connectivity index (χ0v) is 33.9. The molecule has 0 aliphatic heterocycles. The fourth-order valence-corrected chi connectivity index (χ4v) is 16.9. The Balaban J connectivity index is 3.42. The molecule has 0 fully saturated rings. The molecular weight excluding hydrogens is 797 g/mol. The summed E-state index contributed by atoms with van der Waals surface area (Å²) in [5.74, 6) is 6.86. The summed E-state index contributed by atoms with van der Waals surface area (Å²) in [6, 6.07) is 0. The Kier molecular flexibility index (Phi) is 39.7. The van der Waals surface area contributed by atoms with Gasteiger partial charge in [0.1, 0.15) is 0 Å². The number of aliphatic hydroxyl groups excluding tert-OH is 2. The van der Waals surface area contributed by atoms with E-state index < -0.39 is 10.8 Å². The van der Waals surface area contributed by atoms with Crippen LogP contribution in [0.5, 0.6) is 0 Å². The zero-order valence-electron chi connectivity index (χ0n) is 22.5. The predicted molar refractivity (Wildman–Crippen MR) is 214 cm³/mol. The van der Waals surface area contributed by atoms with E-state index in [1.54, 1.807) is 94.1 Å². The van der Waals surface area contributed by atoms with Gasteiger partial charge in [-0.25, -0.2) is 0 Å². The molecule has 20 heteroatoms. The van der Waals surface area contributed by atoms with Crippen molar-refractivity contribution in [2.75, 3.05) is 99.2 Å². The summed E-state index contributed by atoms with van der Waals surface area (Å²) in [6.45, 7) is 0. The van der Waals surface area contributed by atoms with E-state index in [2.05, 4.69) is 0 Å². The molecular formula is C21H38O6S14. The molecule has 41 heavy (non-hydrogen) atoms. The van der Waals surface area contributed by atoms with Crippen molar-refractivity contribution in [2.45, 2.75) is 0 Å². The molecule has 0 amide bonds. The molecule has 0 radical (unpaired) electrons. The van der Waals surface area contributed by atoms with Crippen molar-refractivity contribution in [1.82, 2.24) is 0 Å². The quantitative estimate of drug-likeness (QED) is 0.0590. The monoisotopic (exact) mass is 834 g/mol. The van der Waals surface area contributed by atoms with E-state index in [0.717, 1.165) is 54.2 Å². The molecule has 0 saturated heterocycles. The second kappa shape index (κ2) is 36.5. The lowest BCUT2D eigenvalue weighted by Gasteiger charge is -2.04. The molecule has 2 N–H and O–H groups in total. The Morgan fingerprint density at radius 3 is 1.34 bits per heavy atom. The van der Waals surface area contributed by atoms with Crippen molar-refractivity contribution in [3.8, 4) is 0 Å². The van der Waals surface area contributed by atoms with E-state index in [1.165, 1.54) is 58.8 Å². The molecule has 0 aliphatic carbocycles. The van der Waals surface area contributed by atoms with E-state index >= 15 is 0 Å². The van der Waals surface area contributed by atoms with Crippen molar-refractivity contribution in [1.29, 1.82) is 0 Å². The van der Waals surface area contributed by atoms with Gasteiger partial charge in [-0.3, -0.25) is 18.6 Å². The predicted octanol–water partition coefficient (Wildman–Crippen LogP) is 6.45. The van der Waals surface area contributed by atoms with Gasteiger partial charge in [-0.2, -0.15) is 11.8 Å². The molecule has 242 valence electrons. The van der Waals surface area contributed by atoms with E-state index in [4.69, 9.17) is 10.2 Å². The minimum Gasteiger partial charge on any atom is -0.386 e. The van der Waals surface area contributed by atoms with Gasteiger partial charge >= 0.3 is 0 Å². The third-order valence-corrected chi connectivity index (χ3v) is 20.4. The second-order valence-corrected chi connectivity index (χ2v) is 24.4. The standard InChI is InChI=1S/C21H38O6S14/c22-10-28-1-3-30-15-38-19(24)7-33-12-32-5-6-41(27)18-37-14-36-17-40-21(26)9-35-13-34-8-20(25)39-16-31-4-2-29-11-23/h22-23H,1-18H2. The Bertz CT molecular complexity index is 679. The normalized spacial score (nSPS) is 12.0.